The van der Waals surface area contributed by atoms with E-state index in [9.17, 15) is 18.0 Å². The highest BCUT2D eigenvalue weighted by atomic mass is 32.2. The Morgan fingerprint density at radius 2 is 2.16 bits per heavy atom. The SMILES string of the molecule is CS(=O)(=O)CCCNC(=O)c1cn(CC(=O)O)nn1. The summed E-state index contributed by atoms with van der Waals surface area (Å²) < 4.78 is 22.7. The van der Waals surface area contributed by atoms with E-state index in [4.69, 9.17) is 5.11 Å². The fraction of sp³-hybridized carbons (Fsp3) is 0.556. The summed E-state index contributed by atoms with van der Waals surface area (Å²) in [6.45, 7) is -0.188. The van der Waals surface area contributed by atoms with Crippen LogP contribution in [0, 0.1) is 0 Å². The molecule has 1 aromatic heterocycles. The first-order valence-corrected chi connectivity index (χ1v) is 7.42. The van der Waals surface area contributed by atoms with Gasteiger partial charge >= 0.3 is 5.97 Å². The molecule has 0 unspecified atom stereocenters. The van der Waals surface area contributed by atoms with Crippen molar-refractivity contribution in [3.63, 3.8) is 0 Å². The van der Waals surface area contributed by atoms with E-state index < -0.39 is 21.7 Å². The summed E-state index contributed by atoms with van der Waals surface area (Å²) in [7, 11) is -3.04. The molecule has 0 aliphatic rings. The number of carbonyl (C=O) groups is 2. The molecule has 2 N–H and O–H groups in total. The van der Waals surface area contributed by atoms with Gasteiger partial charge in [0.1, 0.15) is 16.4 Å². The van der Waals surface area contributed by atoms with Crippen LogP contribution in [-0.2, 0) is 21.2 Å². The Kier molecular flexibility index (Phi) is 4.98. The minimum absolute atomic E-state index is 0.0133. The number of carbonyl (C=O) groups excluding carboxylic acids is 1. The maximum absolute atomic E-state index is 11.5. The molecule has 9 nitrogen and oxygen atoms in total. The zero-order valence-corrected chi connectivity index (χ0v) is 11.1. The van der Waals surface area contributed by atoms with Crippen LogP contribution in [0.25, 0.3) is 0 Å². The number of carboxylic acids is 1. The van der Waals surface area contributed by atoms with Gasteiger partial charge in [0.25, 0.3) is 5.91 Å². The number of carboxylic acid groups (broad SMARTS) is 1. The molecule has 0 fully saturated rings. The maximum atomic E-state index is 11.5. The molecule has 0 aromatic carbocycles. The van der Waals surface area contributed by atoms with Crippen molar-refractivity contribution in [2.24, 2.45) is 0 Å². The molecule has 106 valence electrons. The van der Waals surface area contributed by atoms with Crippen molar-refractivity contribution in [2.75, 3.05) is 18.6 Å². The quantitative estimate of drug-likeness (QED) is 0.586. The second-order valence-electron chi connectivity index (χ2n) is 3.93. The molecule has 0 saturated carbocycles. The number of nitrogens with zero attached hydrogens (tertiary/aromatic N) is 3. The van der Waals surface area contributed by atoms with Crippen molar-refractivity contribution >= 4 is 21.7 Å². The highest BCUT2D eigenvalue weighted by molar-refractivity contribution is 7.90. The highest BCUT2D eigenvalue weighted by Gasteiger charge is 2.11. The third-order valence-corrected chi connectivity index (χ3v) is 3.08. The second kappa shape index (κ2) is 6.27. The second-order valence-corrected chi connectivity index (χ2v) is 6.19. The lowest BCUT2D eigenvalue weighted by Gasteiger charge is -2.01. The Morgan fingerprint density at radius 1 is 1.47 bits per heavy atom. The molecule has 0 saturated heterocycles. The molecule has 1 rings (SSSR count). The average molecular weight is 290 g/mol. The van der Waals surface area contributed by atoms with Gasteiger partial charge in [-0.25, -0.2) is 13.1 Å². The fourth-order valence-electron chi connectivity index (χ4n) is 1.25. The number of sulfone groups is 1. The summed E-state index contributed by atoms with van der Waals surface area (Å²) in [5, 5.41) is 18.0. The van der Waals surface area contributed by atoms with Crippen molar-refractivity contribution < 1.29 is 23.1 Å². The molecular formula is C9H14N4O5S. The summed E-state index contributed by atoms with van der Waals surface area (Å²) in [6.07, 6.45) is 2.63. The molecule has 1 aromatic rings. The van der Waals surface area contributed by atoms with E-state index >= 15 is 0 Å². The van der Waals surface area contributed by atoms with E-state index in [1.807, 2.05) is 0 Å². The van der Waals surface area contributed by atoms with Crippen LogP contribution >= 0.6 is 0 Å². The van der Waals surface area contributed by atoms with Crippen LogP contribution in [0.1, 0.15) is 16.9 Å². The van der Waals surface area contributed by atoms with Gasteiger partial charge in [0.05, 0.1) is 11.9 Å². The van der Waals surface area contributed by atoms with Crippen LogP contribution in [0.2, 0.25) is 0 Å². The van der Waals surface area contributed by atoms with E-state index in [2.05, 4.69) is 15.6 Å². The molecule has 0 bridgehead atoms. The number of aliphatic carboxylic acids is 1. The maximum Gasteiger partial charge on any atom is 0.325 e. The van der Waals surface area contributed by atoms with Gasteiger partial charge in [-0.1, -0.05) is 5.21 Å². The van der Waals surface area contributed by atoms with E-state index in [1.54, 1.807) is 0 Å². The van der Waals surface area contributed by atoms with Gasteiger partial charge in [-0.3, -0.25) is 9.59 Å². The standard InChI is InChI=1S/C9H14N4O5S/c1-19(17,18)4-2-3-10-9(16)7-5-13(12-11-7)6-8(14)15/h5H,2-4,6H2,1H3,(H,10,16)(H,14,15). The summed E-state index contributed by atoms with van der Waals surface area (Å²) in [6, 6.07) is 0. The van der Waals surface area contributed by atoms with Crippen molar-refractivity contribution in [3.05, 3.63) is 11.9 Å². The van der Waals surface area contributed by atoms with Crippen LogP contribution in [0.4, 0.5) is 0 Å². The number of rotatable bonds is 7. The van der Waals surface area contributed by atoms with Gasteiger partial charge in [-0.15, -0.1) is 5.10 Å². The molecular weight excluding hydrogens is 276 g/mol. The van der Waals surface area contributed by atoms with E-state index in [0.29, 0.717) is 6.42 Å². The van der Waals surface area contributed by atoms with Gasteiger partial charge < -0.3 is 10.4 Å². The Bertz CT molecular complexity index is 565. The minimum atomic E-state index is -3.04. The number of amides is 1. The van der Waals surface area contributed by atoms with Gasteiger partial charge in [0.15, 0.2) is 5.69 Å². The first-order chi connectivity index (χ1) is 8.78. The van der Waals surface area contributed by atoms with E-state index in [1.165, 1.54) is 6.20 Å². The van der Waals surface area contributed by atoms with E-state index in [0.717, 1.165) is 10.9 Å². The van der Waals surface area contributed by atoms with Crippen molar-refractivity contribution in [1.82, 2.24) is 20.3 Å². The van der Waals surface area contributed by atoms with Gasteiger partial charge in [-0.05, 0) is 6.42 Å². The van der Waals surface area contributed by atoms with Crippen LogP contribution in [0.15, 0.2) is 6.20 Å². The summed E-state index contributed by atoms with van der Waals surface area (Å²) in [5.41, 5.74) is -0.0133. The molecule has 0 aliphatic carbocycles. The Morgan fingerprint density at radius 3 is 2.74 bits per heavy atom. The summed E-state index contributed by atoms with van der Waals surface area (Å²) in [4.78, 5) is 22.0. The monoisotopic (exact) mass is 290 g/mol. The normalized spacial score (nSPS) is 11.2. The first-order valence-electron chi connectivity index (χ1n) is 5.36. The lowest BCUT2D eigenvalue weighted by molar-refractivity contribution is -0.137. The third-order valence-electron chi connectivity index (χ3n) is 2.05. The van der Waals surface area contributed by atoms with Crippen LogP contribution in [0.5, 0.6) is 0 Å². The Balaban J connectivity index is 2.41. The van der Waals surface area contributed by atoms with E-state index in [-0.39, 0.29) is 24.5 Å². The smallest absolute Gasteiger partial charge is 0.325 e. The average Bonchev–Trinajstić information content (AvgIpc) is 2.70. The van der Waals surface area contributed by atoms with Gasteiger partial charge in [0.2, 0.25) is 0 Å². The largest absolute Gasteiger partial charge is 0.480 e. The predicted octanol–water partition coefficient (Wildman–Crippen LogP) is -1.47. The molecule has 0 aliphatic heterocycles. The number of nitrogens with one attached hydrogen (secondary N) is 1. The van der Waals surface area contributed by atoms with Crippen molar-refractivity contribution in [3.8, 4) is 0 Å². The zero-order chi connectivity index (χ0) is 14.5. The predicted molar refractivity (Wildman–Crippen MR) is 64.3 cm³/mol. The number of hydrogen-bond donors (Lipinski definition) is 2. The lowest BCUT2D eigenvalue weighted by atomic mass is 10.4. The molecule has 0 spiro atoms. The fourth-order valence-corrected chi connectivity index (χ4v) is 1.91. The molecule has 19 heavy (non-hydrogen) atoms. The molecule has 1 amide bonds. The molecule has 0 radical (unpaired) electrons. The molecule has 10 heteroatoms. The van der Waals surface area contributed by atoms with Gasteiger partial charge in [0, 0.05) is 12.8 Å². The topological polar surface area (TPSA) is 131 Å². The minimum Gasteiger partial charge on any atom is -0.480 e. The number of aromatic nitrogens is 3. The molecule has 0 atom stereocenters. The Hall–Kier alpha value is -1.97. The van der Waals surface area contributed by atoms with Crippen LogP contribution in [-0.4, -0.2) is 58.9 Å². The van der Waals surface area contributed by atoms with Crippen LogP contribution in [0.3, 0.4) is 0 Å². The Labute approximate surface area is 109 Å². The number of hydrogen-bond acceptors (Lipinski definition) is 6. The first kappa shape index (κ1) is 15.1. The van der Waals surface area contributed by atoms with Crippen molar-refractivity contribution in [1.29, 1.82) is 0 Å². The zero-order valence-electron chi connectivity index (χ0n) is 10.2. The summed E-state index contributed by atoms with van der Waals surface area (Å²) >= 11 is 0. The van der Waals surface area contributed by atoms with Crippen LogP contribution < -0.4 is 5.32 Å². The van der Waals surface area contributed by atoms with Crippen molar-refractivity contribution in [2.45, 2.75) is 13.0 Å². The molecule has 1 heterocycles. The summed E-state index contributed by atoms with van der Waals surface area (Å²) in [5.74, 6) is -1.63. The lowest BCUT2D eigenvalue weighted by Crippen LogP contribution is -2.26. The highest BCUT2D eigenvalue weighted by Crippen LogP contribution is 1.94. The third kappa shape index (κ3) is 5.95. The van der Waals surface area contributed by atoms with Gasteiger partial charge in [-0.2, -0.15) is 0 Å².